The molecule has 1 aliphatic heterocycles. The lowest BCUT2D eigenvalue weighted by Crippen LogP contribution is -2.41. The summed E-state index contributed by atoms with van der Waals surface area (Å²) in [6, 6.07) is 9.13. The van der Waals surface area contributed by atoms with Crippen LogP contribution in [0.2, 0.25) is 5.02 Å². The number of imidazole rings is 1. The summed E-state index contributed by atoms with van der Waals surface area (Å²) >= 11 is 5.93. The highest BCUT2D eigenvalue weighted by molar-refractivity contribution is 7.89. The van der Waals surface area contributed by atoms with Gasteiger partial charge in [0, 0.05) is 30.4 Å². The molecule has 0 saturated carbocycles. The Labute approximate surface area is 177 Å². The van der Waals surface area contributed by atoms with Crippen LogP contribution in [0.5, 0.6) is 0 Å². The second-order valence-electron chi connectivity index (χ2n) is 7.07. The summed E-state index contributed by atoms with van der Waals surface area (Å²) in [5, 5.41) is 9.49. The molecule has 2 aromatic heterocycles. The number of rotatable bonds is 5. The van der Waals surface area contributed by atoms with Crippen molar-refractivity contribution < 1.29 is 18.3 Å². The minimum atomic E-state index is -3.69. The maximum Gasteiger partial charge on any atom is 0.331 e. The van der Waals surface area contributed by atoms with Gasteiger partial charge in [-0.3, -0.25) is 13.9 Å². The van der Waals surface area contributed by atoms with E-state index in [9.17, 15) is 18.0 Å². The van der Waals surface area contributed by atoms with E-state index in [-0.39, 0.29) is 24.0 Å². The molecule has 3 heterocycles. The normalized spacial score (nSPS) is 16.2. The molecule has 9 nitrogen and oxygen atoms in total. The van der Waals surface area contributed by atoms with Gasteiger partial charge in [-0.2, -0.15) is 4.31 Å². The molecule has 0 aliphatic carbocycles. The highest BCUT2D eigenvalue weighted by atomic mass is 35.5. The van der Waals surface area contributed by atoms with Crippen LogP contribution in [0, 0.1) is 0 Å². The van der Waals surface area contributed by atoms with Gasteiger partial charge in [0.25, 0.3) is 0 Å². The summed E-state index contributed by atoms with van der Waals surface area (Å²) in [7, 11) is -3.69. The van der Waals surface area contributed by atoms with Crippen LogP contribution >= 0.6 is 11.6 Å². The van der Waals surface area contributed by atoms with Gasteiger partial charge in [-0.1, -0.05) is 17.7 Å². The average Bonchev–Trinajstić information content (AvgIpc) is 2.99. The summed E-state index contributed by atoms with van der Waals surface area (Å²) < 4.78 is 29.9. The Hall–Kier alpha value is -2.69. The molecule has 1 saturated heterocycles. The standard InChI is InChI=1S/C19H19ClN4O5S/c20-13-3-1-4-15(11-13)30(28,29)22-9-6-14(7-10-22)24-18-16(5-2-8-21-18)23(19(24)27)12-17(25)26/h1-5,8,11,14H,6-7,9-10,12H2,(H,25,26). The van der Waals surface area contributed by atoms with Gasteiger partial charge in [-0.25, -0.2) is 18.2 Å². The number of aliphatic carboxylic acids is 1. The quantitative estimate of drug-likeness (QED) is 0.635. The van der Waals surface area contributed by atoms with Crippen LogP contribution < -0.4 is 5.69 Å². The van der Waals surface area contributed by atoms with E-state index in [4.69, 9.17) is 16.7 Å². The van der Waals surface area contributed by atoms with E-state index in [0.29, 0.717) is 29.0 Å². The zero-order chi connectivity index (χ0) is 21.5. The van der Waals surface area contributed by atoms with Crippen molar-refractivity contribution >= 4 is 38.8 Å². The zero-order valence-corrected chi connectivity index (χ0v) is 17.4. The lowest BCUT2D eigenvalue weighted by atomic mass is 10.1. The van der Waals surface area contributed by atoms with E-state index < -0.39 is 28.2 Å². The highest BCUT2D eigenvalue weighted by Crippen LogP contribution is 2.29. The number of hydrogen-bond acceptors (Lipinski definition) is 5. The molecule has 0 atom stereocenters. The van der Waals surface area contributed by atoms with Crippen molar-refractivity contribution in [2.75, 3.05) is 13.1 Å². The van der Waals surface area contributed by atoms with E-state index in [1.54, 1.807) is 30.5 Å². The minimum absolute atomic E-state index is 0.130. The second kappa shape index (κ2) is 7.86. The number of halogens is 1. The fraction of sp³-hybridized carbons (Fsp3) is 0.316. The number of sulfonamides is 1. The predicted octanol–water partition coefficient (Wildman–Crippen LogP) is 1.96. The first-order valence-corrected chi connectivity index (χ1v) is 11.1. The van der Waals surface area contributed by atoms with Gasteiger partial charge >= 0.3 is 11.7 Å². The third-order valence-electron chi connectivity index (χ3n) is 5.24. The van der Waals surface area contributed by atoms with Gasteiger partial charge in [-0.05, 0) is 43.2 Å². The smallest absolute Gasteiger partial charge is 0.331 e. The van der Waals surface area contributed by atoms with Crippen molar-refractivity contribution in [3.05, 3.63) is 58.1 Å². The predicted molar refractivity (Wildman–Crippen MR) is 110 cm³/mol. The van der Waals surface area contributed by atoms with Crippen LogP contribution in [-0.4, -0.2) is 51.0 Å². The first-order valence-electron chi connectivity index (χ1n) is 9.32. The number of nitrogens with zero attached hydrogens (tertiary/aromatic N) is 4. The lowest BCUT2D eigenvalue weighted by molar-refractivity contribution is -0.137. The number of carboxylic acid groups (broad SMARTS) is 1. The van der Waals surface area contributed by atoms with Gasteiger partial charge in [0.1, 0.15) is 6.54 Å². The molecular weight excluding hydrogens is 432 g/mol. The Morgan fingerprint density at radius 3 is 2.60 bits per heavy atom. The Morgan fingerprint density at radius 1 is 1.20 bits per heavy atom. The summed E-state index contributed by atoms with van der Waals surface area (Å²) in [5.41, 5.74) is 0.390. The van der Waals surface area contributed by atoms with E-state index >= 15 is 0 Å². The first kappa shape index (κ1) is 20.6. The van der Waals surface area contributed by atoms with Crippen LogP contribution in [0.4, 0.5) is 0 Å². The molecule has 1 N–H and O–H groups in total. The number of benzene rings is 1. The first-order chi connectivity index (χ1) is 14.3. The van der Waals surface area contributed by atoms with E-state index in [2.05, 4.69) is 4.98 Å². The molecule has 158 valence electrons. The molecule has 1 fully saturated rings. The van der Waals surface area contributed by atoms with Crippen LogP contribution in [0.3, 0.4) is 0 Å². The van der Waals surface area contributed by atoms with Gasteiger partial charge < -0.3 is 5.11 Å². The van der Waals surface area contributed by atoms with Crippen molar-refractivity contribution in [1.29, 1.82) is 0 Å². The fourth-order valence-electron chi connectivity index (χ4n) is 3.84. The lowest BCUT2D eigenvalue weighted by Gasteiger charge is -2.31. The van der Waals surface area contributed by atoms with Crippen molar-refractivity contribution in [3.63, 3.8) is 0 Å². The Kier molecular flexibility index (Phi) is 5.39. The molecule has 0 spiro atoms. The maximum atomic E-state index is 12.9. The van der Waals surface area contributed by atoms with Gasteiger partial charge in [-0.15, -0.1) is 0 Å². The number of carboxylic acids is 1. The van der Waals surface area contributed by atoms with Crippen molar-refractivity contribution in [3.8, 4) is 0 Å². The summed E-state index contributed by atoms with van der Waals surface area (Å²) in [6.45, 7) is -0.00913. The topological polar surface area (TPSA) is 114 Å². The molecule has 0 bridgehead atoms. The summed E-state index contributed by atoms with van der Waals surface area (Å²) in [4.78, 5) is 28.5. The molecule has 1 aliphatic rings. The minimum Gasteiger partial charge on any atom is -0.480 e. The third kappa shape index (κ3) is 3.62. The van der Waals surface area contributed by atoms with Crippen LogP contribution in [0.25, 0.3) is 11.2 Å². The Balaban J connectivity index is 1.62. The van der Waals surface area contributed by atoms with Crippen LogP contribution in [-0.2, 0) is 21.4 Å². The van der Waals surface area contributed by atoms with Gasteiger partial charge in [0.15, 0.2) is 5.65 Å². The number of hydrogen-bond donors (Lipinski definition) is 1. The maximum absolute atomic E-state index is 12.9. The van der Waals surface area contributed by atoms with Gasteiger partial charge in [0.2, 0.25) is 10.0 Å². The molecule has 1 aromatic carbocycles. The Bertz CT molecular complexity index is 1280. The monoisotopic (exact) mass is 450 g/mol. The molecule has 3 aromatic rings. The van der Waals surface area contributed by atoms with Crippen molar-refractivity contribution in [2.24, 2.45) is 0 Å². The van der Waals surface area contributed by atoms with E-state index in [1.165, 1.54) is 25.6 Å². The van der Waals surface area contributed by atoms with E-state index in [1.807, 2.05) is 0 Å². The number of piperidine rings is 1. The number of fused-ring (bicyclic) bond motifs is 1. The summed E-state index contributed by atoms with van der Waals surface area (Å²) in [6.07, 6.45) is 2.35. The highest BCUT2D eigenvalue weighted by Gasteiger charge is 2.32. The van der Waals surface area contributed by atoms with Gasteiger partial charge in [0.05, 0.1) is 10.4 Å². The second-order valence-corrected chi connectivity index (χ2v) is 9.45. The summed E-state index contributed by atoms with van der Waals surface area (Å²) in [5.74, 6) is -1.12. The van der Waals surface area contributed by atoms with Crippen LogP contribution in [0.15, 0.2) is 52.3 Å². The van der Waals surface area contributed by atoms with Crippen molar-refractivity contribution in [1.82, 2.24) is 18.4 Å². The zero-order valence-electron chi connectivity index (χ0n) is 15.8. The molecule has 0 unspecified atom stereocenters. The SMILES string of the molecule is O=C(O)Cn1c(=O)n(C2CCN(S(=O)(=O)c3cccc(Cl)c3)CC2)c2ncccc21. The van der Waals surface area contributed by atoms with Crippen molar-refractivity contribution in [2.45, 2.75) is 30.3 Å². The largest absolute Gasteiger partial charge is 0.480 e. The molecule has 0 radical (unpaired) electrons. The number of pyridine rings is 1. The molecular formula is C19H19ClN4O5S. The average molecular weight is 451 g/mol. The number of aromatic nitrogens is 3. The van der Waals surface area contributed by atoms with E-state index in [0.717, 1.165) is 0 Å². The Morgan fingerprint density at radius 2 is 1.93 bits per heavy atom. The number of carbonyl (C=O) groups is 1. The molecule has 11 heteroatoms. The van der Waals surface area contributed by atoms with Crippen LogP contribution in [0.1, 0.15) is 18.9 Å². The third-order valence-corrected chi connectivity index (χ3v) is 7.37. The fourth-order valence-corrected chi connectivity index (χ4v) is 5.61. The molecule has 0 amide bonds. The molecule has 4 rings (SSSR count). The molecule has 30 heavy (non-hydrogen) atoms.